The van der Waals surface area contributed by atoms with Gasteiger partial charge >= 0.3 is 0 Å². The van der Waals surface area contributed by atoms with Gasteiger partial charge in [0.1, 0.15) is 17.2 Å². The van der Waals surface area contributed by atoms with E-state index in [-0.39, 0.29) is 22.3 Å². The fourth-order valence-corrected chi connectivity index (χ4v) is 3.65. The number of aromatic hydroxyl groups is 2. The molecule has 0 aliphatic carbocycles. The molecule has 0 saturated heterocycles. The monoisotopic (exact) mass is 415 g/mol. The average Bonchev–Trinajstić information content (AvgIpc) is 3.06. The first-order valence-corrected chi connectivity index (χ1v) is 10.5. The second kappa shape index (κ2) is 7.12. The van der Waals surface area contributed by atoms with E-state index in [0.717, 1.165) is 39.4 Å². The molecule has 2 aromatic carbocycles. The highest BCUT2D eigenvalue weighted by atomic mass is 16.3. The Labute approximate surface area is 183 Å². The molecule has 0 spiro atoms. The van der Waals surface area contributed by atoms with Gasteiger partial charge < -0.3 is 10.2 Å². The molecular formula is C26H29N3O2. The van der Waals surface area contributed by atoms with E-state index in [1.54, 1.807) is 24.3 Å². The minimum Gasteiger partial charge on any atom is -0.508 e. The van der Waals surface area contributed by atoms with Crippen LogP contribution in [-0.2, 0) is 10.8 Å². The third kappa shape index (κ3) is 3.88. The summed E-state index contributed by atoms with van der Waals surface area (Å²) in [4.78, 5) is 5.07. The van der Waals surface area contributed by atoms with Crippen LogP contribution in [0.3, 0.4) is 0 Å². The number of hydrogen-bond acceptors (Lipinski definition) is 4. The van der Waals surface area contributed by atoms with Gasteiger partial charge in [-0.15, -0.1) is 0 Å². The quantitative estimate of drug-likeness (QED) is 0.417. The lowest BCUT2D eigenvalue weighted by Gasteiger charge is -2.25. The minimum absolute atomic E-state index is 0.128. The third-order valence-corrected chi connectivity index (χ3v) is 5.42. The van der Waals surface area contributed by atoms with E-state index in [2.05, 4.69) is 47.6 Å². The molecule has 0 saturated carbocycles. The first kappa shape index (κ1) is 20.9. The largest absolute Gasteiger partial charge is 0.508 e. The Balaban J connectivity index is 2.15. The molecule has 0 atom stereocenters. The summed E-state index contributed by atoms with van der Waals surface area (Å²) in [6, 6.07) is 16.3. The Morgan fingerprint density at radius 1 is 0.710 bits per heavy atom. The van der Waals surface area contributed by atoms with Crippen LogP contribution in [-0.4, -0.2) is 24.8 Å². The number of benzene rings is 2. The van der Waals surface area contributed by atoms with Crippen molar-refractivity contribution in [3.05, 3.63) is 66.0 Å². The molecule has 4 aromatic rings. The van der Waals surface area contributed by atoms with Crippen LogP contribution in [0.5, 0.6) is 11.5 Å². The Kier molecular flexibility index (Phi) is 4.80. The number of rotatable bonds is 2. The Morgan fingerprint density at radius 2 is 1.23 bits per heavy atom. The van der Waals surface area contributed by atoms with Gasteiger partial charge in [0, 0.05) is 16.4 Å². The molecule has 2 aromatic heterocycles. The normalized spacial score (nSPS) is 12.5. The number of phenols is 2. The predicted octanol–water partition coefficient (Wildman–Crippen LogP) is 6.07. The zero-order chi connectivity index (χ0) is 22.6. The Bertz CT molecular complexity index is 1240. The number of phenolic OH excluding ortho intramolecular Hbond substituents is 2. The van der Waals surface area contributed by atoms with Crippen molar-refractivity contribution in [1.82, 2.24) is 14.6 Å². The van der Waals surface area contributed by atoms with Gasteiger partial charge in [-0.25, -0.2) is 9.50 Å². The van der Waals surface area contributed by atoms with Crippen LogP contribution in [0.15, 0.2) is 54.6 Å². The van der Waals surface area contributed by atoms with Crippen molar-refractivity contribution in [2.45, 2.75) is 52.4 Å². The van der Waals surface area contributed by atoms with Crippen molar-refractivity contribution in [2.75, 3.05) is 0 Å². The zero-order valence-electron chi connectivity index (χ0n) is 18.9. The molecule has 0 radical (unpaired) electrons. The van der Waals surface area contributed by atoms with Gasteiger partial charge in [-0.3, -0.25) is 0 Å². The number of fused-ring (bicyclic) bond motifs is 1. The first-order valence-electron chi connectivity index (χ1n) is 10.5. The van der Waals surface area contributed by atoms with E-state index in [1.165, 1.54) is 0 Å². The summed E-state index contributed by atoms with van der Waals surface area (Å²) in [5.41, 5.74) is 6.10. The smallest absolute Gasteiger partial charge is 0.164 e. The van der Waals surface area contributed by atoms with E-state index in [9.17, 15) is 10.2 Å². The van der Waals surface area contributed by atoms with Crippen molar-refractivity contribution in [2.24, 2.45) is 0 Å². The maximum absolute atomic E-state index is 9.82. The average molecular weight is 416 g/mol. The summed E-state index contributed by atoms with van der Waals surface area (Å²) >= 11 is 0. The van der Waals surface area contributed by atoms with Gasteiger partial charge in [0.05, 0.1) is 17.0 Å². The molecule has 0 amide bonds. The van der Waals surface area contributed by atoms with E-state index in [0.29, 0.717) is 0 Å². The molecule has 0 aliphatic rings. The molecule has 0 aliphatic heterocycles. The molecule has 2 N–H and O–H groups in total. The van der Waals surface area contributed by atoms with Gasteiger partial charge in [-0.2, -0.15) is 5.10 Å². The minimum atomic E-state index is -0.147. The molecule has 5 nitrogen and oxygen atoms in total. The molecule has 31 heavy (non-hydrogen) atoms. The van der Waals surface area contributed by atoms with Crippen LogP contribution >= 0.6 is 0 Å². The summed E-state index contributed by atoms with van der Waals surface area (Å²) < 4.78 is 1.94. The highest BCUT2D eigenvalue weighted by Crippen LogP contribution is 2.38. The SMILES string of the molecule is CC(C)(C)c1cc(C(C)(C)C)n2nc(-c3ccc(O)cc3)c(-c3ccc(O)cc3)c2n1. The zero-order valence-corrected chi connectivity index (χ0v) is 18.9. The highest BCUT2D eigenvalue weighted by molar-refractivity contribution is 5.91. The maximum Gasteiger partial charge on any atom is 0.164 e. The first-order chi connectivity index (χ1) is 14.4. The topological polar surface area (TPSA) is 70.7 Å². The molecule has 160 valence electrons. The van der Waals surface area contributed by atoms with E-state index in [4.69, 9.17) is 10.1 Å². The second-order valence-corrected chi connectivity index (χ2v) is 10.1. The van der Waals surface area contributed by atoms with Gasteiger partial charge in [0.25, 0.3) is 0 Å². The summed E-state index contributed by atoms with van der Waals surface area (Å²) in [5.74, 6) is 0.423. The fourth-order valence-electron chi connectivity index (χ4n) is 3.65. The summed E-state index contributed by atoms with van der Waals surface area (Å²) in [6.07, 6.45) is 0. The van der Waals surface area contributed by atoms with Crippen molar-refractivity contribution in [1.29, 1.82) is 0 Å². The second-order valence-electron chi connectivity index (χ2n) is 10.1. The molecule has 2 heterocycles. The molecular weight excluding hydrogens is 386 g/mol. The highest BCUT2D eigenvalue weighted by Gasteiger charge is 2.28. The van der Waals surface area contributed by atoms with Crippen LogP contribution in [0.25, 0.3) is 28.0 Å². The fraction of sp³-hybridized carbons (Fsp3) is 0.308. The van der Waals surface area contributed by atoms with Crippen LogP contribution in [0.2, 0.25) is 0 Å². The van der Waals surface area contributed by atoms with Crippen molar-refractivity contribution in [3.8, 4) is 33.9 Å². The van der Waals surface area contributed by atoms with Gasteiger partial charge in [-0.05, 0) is 48.0 Å². The lowest BCUT2D eigenvalue weighted by molar-refractivity contribution is 0.475. The van der Waals surface area contributed by atoms with E-state index in [1.807, 2.05) is 28.8 Å². The predicted molar refractivity (Wildman–Crippen MR) is 125 cm³/mol. The molecule has 0 unspecified atom stereocenters. The number of aromatic nitrogens is 3. The van der Waals surface area contributed by atoms with Crippen molar-refractivity contribution in [3.63, 3.8) is 0 Å². The molecule has 5 heteroatoms. The summed E-state index contributed by atoms with van der Waals surface area (Å²) in [7, 11) is 0. The van der Waals surface area contributed by atoms with Crippen LogP contribution < -0.4 is 0 Å². The van der Waals surface area contributed by atoms with Crippen LogP contribution in [0, 0.1) is 0 Å². The Morgan fingerprint density at radius 3 is 1.71 bits per heavy atom. The molecule has 0 bridgehead atoms. The summed E-state index contributed by atoms with van der Waals surface area (Å²) in [5, 5.41) is 24.6. The van der Waals surface area contributed by atoms with E-state index >= 15 is 0 Å². The summed E-state index contributed by atoms with van der Waals surface area (Å²) in [6.45, 7) is 13.0. The van der Waals surface area contributed by atoms with Crippen molar-refractivity contribution < 1.29 is 10.2 Å². The lowest BCUT2D eigenvalue weighted by Crippen LogP contribution is -2.22. The van der Waals surface area contributed by atoms with Gasteiger partial charge in [-0.1, -0.05) is 53.7 Å². The number of nitrogens with zero attached hydrogens (tertiary/aromatic N) is 3. The third-order valence-electron chi connectivity index (χ3n) is 5.42. The molecule has 4 rings (SSSR count). The number of hydrogen-bond donors (Lipinski definition) is 2. The van der Waals surface area contributed by atoms with E-state index < -0.39 is 0 Å². The van der Waals surface area contributed by atoms with Gasteiger partial charge in [0.15, 0.2) is 5.65 Å². The van der Waals surface area contributed by atoms with Crippen LogP contribution in [0.1, 0.15) is 52.9 Å². The van der Waals surface area contributed by atoms with Gasteiger partial charge in [0.2, 0.25) is 0 Å². The lowest BCUT2D eigenvalue weighted by atomic mass is 9.86. The van der Waals surface area contributed by atoms with Crippen LogP contribution in [0.4, 0.5) is 0 Å². The molecule has 0 fully saturated rings. The Hall–Kier alpha value is -3.34. The van der Waals surface area contributed by atoms with Crippen molar-refractivity contribution >= 4 is 5.65 Å². The maximum atomic E-state index is 9.82. The standard InChI is InChI=1S/C26H29N3O2/c1-25(2,3)20-15-21(26(4,5)6)29-24(27-20)22(16-7-11-18(30)12-8-16)23(28-29)17-9-13-19(31)14-10-17/h7-15,30-31H,1-6H3.